The summed E-state index contributed by atoms with van der Waals surface area (Å²) in [5, 5.41) is 3.13. The molecular formula is C27H30ClN3O5S2. The van der Waals surface area contributed by atoms with Crippen LogP contribution < -0.4 is 10.0 Å². The van der Waals surface area contributed by atoms with Crippen molar-refractivity contribution in [1.29, 1.82) is 0 Å². The summed E-state index contributed by atoms with van der Waals surface area (Å²) in [5.41, 5.74) is 2.31. The molecule has 3 aromatic carbocycles. The van der Waals surface area contributed by atoms with Crippen LogP contribution in [0.2, 0.25) is 5.02 Å². The van der Waals surface area contributed by atoms with Crippen LogP contribution in [-0.4, -0.2) is 40.1 Å². The van der Waals surface area contributed by atoms with E-state index in [1.165, 1.54) is 46.8 Å². The molecule has 1 aliphatic rings. The van der Waals surface area contributed by atoms with Crippen molar-refractivity contribution < 1.29 is 21.6 Å². The molecule has 0 atom stereocenters. The van der Waals surface area contributed by atoms with Gasteiger partial charge >= 0.3 is 0 Å². The summed E-state index contributed by atoms with van der Waals surface area (Å²) in [6.07, 6.45) is 1.61. The zero-order valence-corrected chi connectivity index (χ0v) is 23.8. The number of aryl methyl sites for hydroxylation is 2. The number of rotatable bonds is 7. The molecule has 1 saturated heterocycles. The minimum Gasteiger partial charge on any atom is -0.322 e. The maximum Gasteiger partial charge on any atom is 0.261 e. The molecule has 1 heterocycles. The van der Waals surface area contributed by atoms with E-state index in [0.717, 1.165) is 18.4 Å². The summed E-state index contributed by atoms with van der Waals surface area (Å²) < 4.78 is 56.0. The summed E-state index contributed by atoms with van der Waals surface area (Å²) in [5.74, 6) is -0.00554. The molecule has 0 saturated carbocycles. The number of hydrogen-bond acceptors (Lipinski definition) is 5. The zero-order valence-electron chi connectivity index (χ0n) is 21.4. The van der Waals surface area contributed by atoms with Crippen LogP contribution in [0, 0.1) is 19.8 Å². The van der Waals surface area contributed by atoms with Crippen molar-refractivity contribution in [2.75, 3.05) is 23.1 Å². The Balaban J connectivity index is 1.50. The van der Waals surface area contributed by atoms with E-state index in [9.17, 15) is 21.6 Å². The van der Waals surface area contributed by atoms with Crippen LogP contribution in [0.15, 0.2) is 70.5 Å². The molecule has 0 unspecified atom stereocenters. The average molecular weight is 576 g/mol. The third-order valence-corrected chi connectivity index (χ3v) is 10.2. The summed E-state index contributed by atoms with van der Waals surface area (Å²) in [4.78, 5) is 13.1. The van der Waals surface area contributed by atoms with Crippen molar-refractivity contribution in [3.05, 3.63) is 82.4 Å². The predicted molar refractivity (Wildman–Crippen MR) is 150 cm³/mol. The number of hydrogen-bond donors (Lipinski definition) is 2. The molecule has 1 aliphatic heterocycles. The lowest BCUT2D eigenvalue weighted by Crippen LogP contribution is -2.38. The maximum atomic E-state index is 13.2. The van der Waals surface area contributed by atoms with Crippen molar-refractivity contribution >= 4 is 48.9 Å². The lowest BCUT2D eigenvalue weighted by molar-refractivity contribution is 0.102. The summed E-state index contributed by atoms with van der Waals surface area (Å²) in [7, 11) is -7.60. The second kappa shape index (κ2) is 11.1. The smallest absolute Gasteiger partial charge is 0.261 e. The Labute approximate surface area is 229 Å². The number of benzene rings is 3. The van der Waals surface area contributed by atoms with Gasteiger partial charge < -0.3 is 5.32 Å². The first-order valence-electron chi connectivity index (χ1n) is 12.2. The van der Waals surface area contributed by atoms with E-state index in [-0.39, 0.29) is 15.4 Å². The molecule has 0 bridgehead atoms. The number of sulfonamides is 2. The Morgan fingerprint density at radius 3 is 2.13 bits per heavy atom. The lowest BCUT2D eigenvalue weighted by Gasteiger charge is -2.29. The molecule has 202 valence electrons. The first-order chi connectivity index (χ1) is 17.9. The standard InChI is InChI=1S/C27H30ClN3O5S2/c1-18-12-14-31(15-13-18)38(35,36)24-9-5-19(2)25(17-24)27(32)29-22-7-10-23(11-8-22)37(33,34)30-26-16-21(28)6-4-20(26)3/h4-11,16-18,30H,12-15H2,1-3H3,(H,29,32). The van der Waals surface area contributed by atoms with Crippen molar-refractivity contribution in [2.24, 2.45) is 5.92 Å². The van der Waals surface area contributed by atoms with Gasteiger partial charge in [0.2, 0.25) is 10.0 Å². The van der Waals surface area contributed by atoms with Gasteiger partial charge in [0.25, 0.3) is 15.9 Å². The SMILES string of the molecule is Cc1ccc(Cl)cc1NS(=O)(=O)c1ccc(NC(=O)c2cc(S(=O)(=O)N3CCC(C)CC3)ccc2C)cc1. The number of carbonyl (C=O) groups excluding carboxylic acids is 1. The molecule has 38 heavy (non-hydrogen) atoms. The number of piperidine rings is 1. The molecule has 4 rings (SSSR count). The molecule has 8 nitrogen and oxygen atoms in total. The second-order valence-electron chi connectivity index (χ2n) is 9.61. The number of nitrogens with zero attached hydrogens (tertiary/aromatic N) is 1. The molecule has 11 heteroatoms. The Kier molecular flexibility index (Phi) is 8.17. The Bertz CT molecular complexity index is 1560. The predicted octanol–water partition coefficient (Wildman–Crippen LogP) is 5.43. The van der Waals surface area contributed by atoms with Gasteiger partial charge in [0.1, 0.15) is 0 Å². The molecule has 2 N–H and O–H groups in total. The molecule has 1 amide bonds. The Morgan fingerprint density at radius 1 is 0.868 bits per heavy atom. The topological polar surface area (TPSA) is 113 Å². The van der Waals surface area contributed by atoms with Gasteiger partial charge in [0.05, 0.1) is 15.5 Å². The first kappa shape index (κ1) is 28.1. The number of anilines is 2. The highest BCUT2D eigenvalue weighted by Crippen LogP contribution is 2.27. The van der Waals surface area contributed by atoms with Gasteiger partial charge in [-0.2, -0.15) is 4.31 Å². The Morgan fingerprint density at radius 2 is 1.47 bits per heavy atom. The summed E-state index contributed by atoms with van der Waals surface area (Å²) >= 11 is 5.99. The van der Waals surface area contributed by atoms with Crippen molar-refractivity contribution in [1.82, 2.24) is 4.31 Å². The molecular weight excluding hydrogens is 546 g/mol. The number of halogens is 1. The summed E-state index contributed by atoms with van der Waals surface area (Å²) in [6, 6.07) is 15.2. The number of carbonyl (C=O) groups is 1. The molecule has 0 aliphatic carbocycles. The normalized spacial score (nSPS) is 15.3. The summed E-state index contributed by atoms with van der Waals surface area (Å²) in [6.45, 7) is 6.52. The second-order valence-corrected chi connectivity index (χ2v) is 13.7. The first-order valence-corrected chi connectivity index (χ1v) is 15.5. The molecule has 0 aromatic heterocycles. The van der Waals surface area contributed by atoms with Crippen LogP contribution >= 0.6 is 11.6 Å². The van der Waals surface area contributed by atoms with Crippen LogP contribution in [-0.2, 0) is 20.0 Å². The molecule has 3 aromatic rings. The minimum absolute atomic E-state index is 0.00926. The van der Waals surface area contributed by atoms with Crippen molar-refractivity contribution in [2.45, 2.75) is 43.4 Å². The van der Waals surface area contributed by atoms with Gasteiger partial charge in [-0.1, -0.05) is 30.7 Å². The minimum atomic E-state index is -3.89. The third-order valence-electron chi connectivity index (χ3n) is 6.70. The average Bonchev–Trinajstić information content (AvgIpc) is 2.87. The van der Waals surface area contributed by atoms with E-state index < -0.39 is 26.0 Å². The van der Waals surface area contributed by atoms with E-state index in [0.29, 0.717) is 41.0 Å². The monoisotopic (exact) mass is 575 g/mol. The van der Waals surface area contributed by atoms with Gasteiger partial charge in [0, 0.05) is 29.4 Å². The zero-order chi connectivity index (χ0) is 27.7. The van der Waals surface area contributed by atoms with E-state index in [2.05, 4.69) is 17.0 Å². The molecule has 1 fully saturated rings. The van der Waals surface area contributed by atoms with Crippen LogP contribution in [0.1, 0.15) is 41.3 Å². The van der Waals surface area contributed by atoms with Crippen molar-refractivity contribution in [3.8, 4) is 0 Å². The number of nitrogens with one attached hydrogen (secondary N) is 2. The quantitative estimate of drug-likeness (QED) is 0.390. The lowest BCUT2D eigenvalue weighted by atomic mass is 10.0. The van der Waals surface area contributed by atoms with Gasteiger partial charge in [-0.15, -0.1) is 0 Å². The fraction of sp³-hybridized carbons (Fsp3) is 0.296. The largest absolute Gasteiger partial charge is 0.322 e. The molecule has 0 radical (unpaired) electrons. The fourth-order valence-corrected chi connectivity index (χ4v) is 6.99. The van der Waals surface area contributed by atoms with Gasteiger partial charge in [0.15, 0.2) is 0 Å². The van der Waals surface area contributed by atoms with Crippen LogP contribution in [0.3, 0.4) is 0 Å². The van der Waals surface area contributed by atoms with Crippen LogP contribution in [0.4, 0.5) is 11.4 Å². The van der Waals surface area contributed by atoms with Gasteiger partial charge in [-0.3, -0.25) is 9.52 Å². The van der Waals surface area contributed by atoms with E-state index in [1.54, 1.807) is 32.0 Å². The fourth-order valence-electron chi connectivity index (χ4n) is 4.20. The van der Waals surface area contributed by atoms with Crippen LogP contribution in [0.25, 0.3) is 0 Å². The van der Waals surface area contributed by atoms with E-state index in [4.69, 9.17) is 11.6 Å². The Hall–Kier alpha value is -2.92. The van der Waals surface area contributed by atoms with Crippen molar-refractivity contribution in [3.63, 3.8) is 0 Å². The van der Waals surface area contributed by atoms with E-state index >= 15 is 0 Å². The highest BCUT2D eigenvalue weighted by molar-refractivity contribution is 7.92. The number of amides is 1. The van der Waals surface area contributed by atoms with Gasteiger partial charge in [-0.05, 0) is 92.3 Å². The highest BCUT2D eigenvalue weighted by atomic mass is 35.5. The molecule has 0 spiro atoms. The third kappa shape index (κ3) is 6.20. The maximum absolute atomic E-state index is 13.2. The highest BCUT2D eigenvalue weighted by Gasteiger charge is 2.29. The van der Waals surface area contributed by atoms with Crippen LogP contribution in [0.5, 0.6) is 0 Å². The van der Waals surface area contributed by atoms with E-state index in [1.807, 2.05) is 0 Å². The van der Waals surface area contributed by atoms with Gasteiger partial charge in [-0.25, -0.2) is 16.8 Å².